The summed E-state index contributed by atoms with van der Waals surface area (Å²) in [6.45, 7) is -0.317. The Morgan fingerprint density at radius 1 is 1.29 bits per heavy atom. The zero-order chi connectivity index (χ0) is 12.6. The molecule has 2 heterocycles. The van der Waals surface area contributed by atoms with Crippen molar-refractivity contribution < 1.29 is 14.4 Å². The number of nitrogens with one attached hydrogen (secondary N) is 1. The second kappa shape index (κ2) is 4.64. The third-order valence-corrected chi connectivity index (χ3v) is 3.61. The van der Waals surface area contributed by atoms with Crippen LogP contribution in [0.2, 0.25) is 8.67 Å². The van der Waals surface area contributed by atoms with Crippen LogP contribution < -0.4 is 5.32 Å². The smallest absolute Gasteiger partial charge is 0.257 e. The molecule has 0 unspecified atom stereocenters. The van der Waals surface area contributed by atoms with Crippen LogP contribution in [0, 0.1) is 0 Å². The minimum absolute atomic E-state index is 0.158. The van der Waals surface area contributed by atoms with E-state index in [4.69, 9.17) is 23.2 Å². The molecular formula is C9H6Cl2N2O3S. The molecule has 1 aromatic heterocycles. The van der Waals surface area contributed by atoms with Crippen molar-refractivity contribution in [2.75, 3.05) is 13.1 Å². The quantitative estimate of drug-likeness (QED) is 0.790. The van der Waals surface area contributed by atoms with E-state index in [1.165, 1.54) is 6.07 Å². The first kappa shape index (κ1) is 12.3. The lowest BCUT2D eigenvalue weighted by molar-refractivity contribution is -0.135. The van der Waals surface area contributed by atoms with Gasteiger partial charge in [-0.15, -0.1) is 11.3 Å². The molecule has 0 saturated carbocycles. The molecule has 0 aromatic carbocycles. The minimum Gasteiger partial charge on any atom is -0.320 e. The van der Waals surface area contributed by atoms with E-state index < -0.39 is 17.7 Å². The van der Waals surface area contributed by atoms with Crippen molar-refractivity contribution in [3.05, 3.63) is 20.3 Å². The fourth-order valence-corrected chi connectivity index (χ4v) is 2.89. The molecule has 0 radical (unpaired) electrons. The summed E-state index contributed by atoms with van der Waals surface area (Å²) in [7, 11) is 0. The SMILES string of the molecule is O=C1CN(C(=O)c2cc(Cl)sc2Cl)CC(=O)N1. The van der Waals surface area contributed by atoms with Crippen molar-refractivity contribution in [3.8, 4) is 0 Å². The second-order valence-electron chi connectivity index (χ2n) is 3.37. The lowest BCUT2D eigenvalue weighted by Crippen LogP contribution is -2.53. The van der Waals surface area contributed by atoms with Gasteiger partial charge in [0.1, 0.15) is 17.4 Å². The second-order valence-corrected chi connectivity index (χ2v) is 5.66. The van der Waals surface area contributed by atoms with Gasteiger partial charge in [-0.2, -0.15) is 0 Å². The van der Waals surface area contributed by atoms with Gasteiger partial charge in [0.2, 0.25) is 11.8 Å². The molecule has 1 aromatic rings. The maximum absolute atomic E-state index is 12.0. The van der Waals surface area contributed by atoms with E-state index >= 15 is 0 Å². The zero-order valence-corrected chi connectivity index (χ0v) is 10.7. The Kier molecular flexibility index (Phi) is 3.37. The fraction of sp³-hybridized carbons (Fsp3) is 0.222. The van der Waals surface area contributed by atoms with E-state index in [1.807, 2.05) is 0 Å². The molecule has 3 amide bonds. The van der Waals surface area contributed by atoms with Crippen LogP contribution in [-0.2, 0) is 9.59 Å². The molecule has 1 fully saturated rings. The summed E-state index contributed by atoms with van der Waals surface area (Å²) in [6.07, 6.45) is 0. The number of halogens is 2. The molecule has 1 saturated heterocycles. The maximum Gasteiger partial charge on any atom is 0.257 e. The normalized spacial score (nSPS) is 16.0. The summed E-state index contributed by atoms with van der Waals surface area (Å²) < 4.78 is 0.629. The number of nitrogens with zero attached hydrogens (tertiary/aromatic N) is 1. The Balaban J connectivity index is 2.23. The largest absolute Gasteiger partial charge is 0.320 e. The number of hydrogen-bond donors (Lipinski definition) is 1. The number of amides is 3. The molecule has 1 aliphatic heterocycles. The summed E-state index contributed by atoms with van der Waals surface area (Å²) in [5, 5.41) is 2.11. The molecule has 1 aliphatic rings. The van der Waals surface area contributed by atoms with Gasteiger partial charge >= 0.3 is 0 Å². The van der Waals surface area contributed by atoms with Gasteiger partial charge in [0, 0.05) is 0 Å². The molecule has 1 N–H and O–H groups in total. The molecule has 5 nitrogen and oxygen atoms in total. The first-order valence-electron chi connectivity index (χ1n) is 4.54. The molecule has 0 aliphatic carbocycles. The van der Waals surface area contributed by atoms with Gasteiger partial charge in [0.05, 0.1) is 9.90 Å². The number of thiophene rings is 1. The van der Waals surface area contributed by atoms with Crippen LogP contribution >= 0.6 is 34.5 Å². The lowest BCUT2D eigenvalue weighted by Gasteiger charge is -2.25. The molecule has 0 atom stereocenters. The van der Waals surface area contributed by atoms with Crippen molar-refractivity contribution in [1.29, 1.82) is 0 Å². The molecule has 17 heavy (non-hydrogen) atoms. The standard InChI is InChI=1S/C9H6Cl2N2O3S/c10-5-1-4(8(11)17-5)9(16)13-2-6(14)12-7(15)3-13/h1H,2-3H2,(H,12,14,15). The van der Waals surface area contributed by atoms with Gasteiger partial charge in [-0.3, -0.25) is 19.7 Å². The summed E-state index contributed by atoms with van der Waals surface area (Å²) in [6, 6.07) is 1.42. The van der Waals surface area contributed by atoms with Crippen LogP contribution in [0.15, 0.2) is 6.07 Å². The molecule has 8 heteroatoms. The van der Waals surface area contributed by atoms with Crippen LogP contribution in [0.4, 0.5) is 0 Å². The highest BCUT2D eigenvalue weighted by molar-refractivity contribution is 7.20. The van der Waals surface area contributed by atoms with Crippen LogP contribution in [0.1, 0.15) is 10.4 Å². The first-order chi connectivity index (χ1) is 7.97. The molecule has 2 rings (SSSR count). The van der Waals surface area contributed by atoms with Gasteiger partial charge in [0.15, 0.2) is 0 Å². The highest BCUT2D eigenvalue weighted by atomic mass is 35.5. The Morgan fingerprint density at radius 2 is 1.88 bits per heavy atom. The predicted octanol–water partition coefficient (Wildman–Crippen LogP) is 1.15. The van der Waals surface area contributed by atoms with Gasteiger partial charge in [-0.1, -0.05) is 23.2 Å². The summed E-state index contributed by atoms with van der Waals surface area (Å²) in [5.41, 5.74) is 0.212. The third-order valence-electron chi connectivity index (χ3n) is 2.12. The van der Waals surface area contributed by atoms with Crippen LogP contribution in [0.5, 0.6) is 0 Å². The topological polar surface area (TPSA) is 66.5 Å². The number of hydrogen-bond acceptors (Lipinski definition) is 4. The van der Waals surface area contributed by atoms with E-state index in [0.717, 1.165) is 16.2 Å². The molecular weight excluding hydrogens is 287 g/mol. The van der Waals surface area contributed by atoms with Crippen LogP contribution in [0.3, 0.4) is 0 Å². The summed E-state index contributed by atoms with van der Waals surface area (Å²) >= 11 is 12.6. The van der Waals surface area contributed by atoms with E-state index in [2.05, 4.69) is 5.32 Å². The predicted molar refractivity (Wildman–Crippen MR) is 63.4 cm³/mol. The van der Waals surface area contributed by atoms with E-state index in [9.17, 15) is 14.4 Å². The van der Waals surface area contributed by atoms with Crippen molar-refractivity contribution in [2.24, 2.45) is 0 Å². The Labute approximate surface area is 110 Å². The van der Waals surface area contributed by atoms with E-state index in [1.54, 1.807) is 0 Å². The average molecular weight is 293 g/mol. The Morgan fingerprint density at radius 3 is 2.35 bits per heavy atom. The fourth-order valence-electron chi connectivity index (χ4n) is 1.44. The number of rotatable bonds is 1. The molecule has 90 valence electrons. The number of carbonyl (C=O) groups is 3. The summed E-state index contributed by atoms with van der Waals surface area (Å²) in [4.78, 5) is 35.4. The summed E-state index contributed by atoms with van der Waals surface area (Å²) in [5.74, 6) is -1.49. The highest BCUT2D eigenvalue weighted by Gasteiger charge is 2.28. The first-order valence-corrected chi connectivity index (χ1v) is 6.11. The van der Waals surface area contributed by atoms with Gasteiger partial charge in [-0.25, -0.2) is 0 Å². The zero-order valence-electron chi connectivity index (χ0n) is 8.33. The van der Waals surface area contributed by atoms with E-state index in [0.29, 0.717) is 4.34 Å². The van der Waals surface area contributed by atoms with Crippen molar-refractivity contribution in [3.63, 3.8) is 0 Å². The minimum atomic E-state index is -0.507. The average Bonchev–Trinajstić information content (AvgIpc) is 2.55. The molecule has 0 bridgehead atoms. The number of piperazine rings is 1. The maximum atomic E-state index is 12.0. The van der Waals surface area contributed by atoms with Crippen molar-refractivity contribution in [2.45, 2.75) is 0 Å². The number of imide groups is 1. The Hall–Kier alpha value is -1.11. The van der Waals surface area contributed by atoms with Crippen molar-refractivity contribution >= 4 is 52.3 Å². The van der Waals surface area contributed by atoms with Gasteiger partial charge in [0.25, 0.3) is 5.91 Å². The third kappa shape index (κ3) is 2.59. The number of carbonyl (C=O) groups excluding carboxylic acids is 3. The highest BCUT2D eigenvalue weighted by Crippen LogP contribution is 2.31. The van der Waals surface area contributed by atoms with Crippen LogP contribution in [-0.4, -0.2) is 35.7 Å². The van der Waals surface area contributed by atoms with E-state index in [-0.39, 0.29) is 23.0 Å². The molecule has 0 spiro atoms. The Bertz CT molecular complexity index is 498. The van der Waals surface area contributed by atoms with Crippen LogP contribution in [0.25, 0.3) is 0 Å². The van der Waals surface area contributed by atoms with Crippen molar-refractivity contribution in [1.82, 2.24) is 10.2 Å². The lowest BCUT2D eigenvalue weighted by atomic mass is 10.2. The van der Waals surface area contributed by atoms with Gasteiger partial charge < -0.3 is 4.90 Å². The van der Waals surface area contributed by atoms with Gasteiger partial charge in [-0.05, 0) is 6.07 Å². The monoisotopic (exact) mass is 292 g/mol.